The first-order valence-electron chi connectivity index (χ1n) is 7.71. The molecule has 1 N–H and O–H groups in total. The first kappa shape index (κ1) is 19.1. The second kappa shape index (κ2) is 8.27. The van der Waals surface area contributed by atoms with Crippen molar-refractivity contribution in [3.63, 3.8) is 0 Å². The number of hydrogen-bond donors (Lipinski definition) is 1. The Morgan fingerprint density at radius 3 is 2.80 bits per heavy atom. The van der Waals surface area contributed by atoms with Crippen LogP contribution in [0.3, 0.4) is 0 Å². The number of nitrogens with one attached hydrogen (secondary N) is 1. The molecule has 2 rings (SSSR count). The highest BCUT2D eigenvalue weighted by Crippen LogP contribution is 2.43. The molecule has 0 saturated carbocycles. The number of hydrogen-bond acceptors (Lipinski definition) is 5. The number of fused-ring (bicyclic) bond motifs is 1. The third-order valence-corrected chi connectivity index (χ3v) is 5.00. The summed E-state index contributed by atoms with van der Waals surface area (Å²) in [6, 6.07) is 1.87. The van der Waals surface area contributed by atoms with Crippen molar-refractivity contribution in [2.75, 3.05) is 18.5 Å². The third kappa shape index (κ3) is 4.08. The van der Waals surface area contributed by atoms with E-state index in [0.29, 0.717) is 32.2 Å². The predicted octanol–water partition coefficient (Wildman–Crippen LogP) is 4.60. The van der Waals surface area contributed by atoms with E-state index < -0.39 is 5.97 Å². The average molecular weight is 379 g/mol. The lowest BCUT2D eigenvalue weighted by Crippen LogP contribution is -2.11. The van der Waals surface area contributed by atoms with Crippen LogP contribution in [0.4, 0.5) is 5.00 Å². The van der Waals surface area contributed by atoms with Gasteiger partial charge in [-0.2, -0.15) is 0 Å². The van der Waals surface area contributed by atoms with Crippen molar-refractivity contribution in [1.82, 2.24) is 0 Å². The highest BCUT2D eigenvalue weighted by atomic mass is 35.5. The molecule has 5 nitrogen and oxygen atoms in total. The van der Waals surface area contributed by atoms with Crippen LogP contribution in [-0.2, 0) is 9.53 Å². The quantitative estimate of drug-likeness (QED) is 0.453. The van der Waals surface area contributed by atoms with Crippen LogP contribution in [-0.4, -0.2) is 31.2 Å². The van der Waals surface area contributed by atoms with Crippen LogP contribution in [0.15, 0.2) is 23.7 Å². The largest absolute Gasteiger partial charge is 0.462 e. The minimum Gasteiger partial charge on any atom is -0.462 e. The van der Waals surface area contributed by atoms with Crippen molar-refractivity contribution in [2.24, 2.45) is 4.99 Å². The number of amides is 1. The van der Waals surface area contributed by atoms with Crippen molar-refractivity contribution in [3.05, 3.63) is 40.4 Å². The molecule has 0 spiro atoms. The number of benzene rings is 1. The summed E-state index contributed by atoms with van der Waals surface area (Å²) in [5.41, 5.74) is 1.95. The molecule has 25 heavy (non-hydrogen) atoms. The number of ether oxygens (including phenoxy) is 1. The number of halogens is 1. The average Bonchev–Trinajstić information content (AvgIpc) is 2.91. The van der Waals surface area contributed by atoms with Crippen LogP contribution in [0.2, 0.25) is 5.02 Å². The topological polar surface area (TPSA) is 67.8 Å². The van der Waals surface area contributed by atoms with Gasteiger partial charge in [0.25, 0.3) is 0 Å². The van der Waals surface area contributed by atoms with E-state index in [1.165, 1.54) is 18.3 Å². The minimum absolute atomic E-state index is 0.245. The first-order valence-corrected chi connectivity index (χ1v) is 8.91. The molecule has 132 valence electrons. The van der Waals surface area contributed by atoms with Crippen LogP contribution in [0.1, 0.15) is 35.3 Å². The summed E-state index contributed by atoms with van der Waals surface area (Å²) in [5, 5.41) is 4.32. The summed E-state index contributed by atoms with van der Waals surface area (Å²) in [6.07, 6.45) is 3.37. The summed E-state index contributed by atoms with van der Waals surface area (Å²) < 4.78 is 5.87. The summed E-state index contributed by atoms with van der Waals surface area (Å²) in [7, 11) is 0. The van der Waals surface area contributed by atoms with E-state index in [2.05, 4.69) is 16.9 Å². The number of esters is 1. The number of anilines is 1. The minimum atomic E-state index is -0.482. The van der Waals surface area contributed by atoms with Crippen LogP contribution < -0.4 is 5.32 Å². The zero-order chi connectivity index (χ0) is 18.6. The maximum absolute atomic E-state index is 12.4. The normalized spacial score (nSPS) is 11.0. The molecule has 1 heterocycles. The Morgan fingerprint density at radius 2 is 2.20 bits per heavy atom. The van der Waals surface area contributed by atoms with E-state index in [0.717, 1.165) is 11.1 Å². The van der Waals surface area contributed by atoms with Crippen molar-refractivity contribution in [2.45, 2.75) is 20.8 Å². The van der Waals surface area contributed by atoms with Gasteiger partial charge in [-0.05, 0) is 25.5 Å². The number of rotatable bonds is 6. The fraction of sp³-hybridized carbons (Fsp3) is 0.278. The van der Waals surface area contributed by atoms with Crippen molar-refractivity contribution in [3.8, 4) is 0 Å². The number of nitrogens with zero attached hydrogens (tertiary/aromatic N) is 1. The molecule has 0 aliphatic carbocycles. The predicted molar refractivity (Wildman–Crippen MR) is 104 cm³/mol. The SMILES string of the molecule is C=CC/N=C/c1cc(C)c2c(C(=O)OCC)c(NC(C)=O)sc2c1Cl. The lowest BCUT2D eigenvalue weighted by Gasteiger charge is -2.07. The summed E-state index contributed by atoms with van der Waals surface area (Å²) in [5.74, 6) is -0.747. The highest BCUT2D eigenvalue weighted by Gasteiger charge is 2.24. The second-order valence-corrected chi connectivity index (χ2v) is 6.69. The van der Waals surface area contributed by atoms with E-state index in [-0.39, 0.29) is 12.5 Å². The number of carbonyl (C=O) groups excluding carboxylic acids is 2. The van der Waals surface area contributed by atoms with Crippen LogP contribution in [0.5, 0.6) is 0 Å². The van der Waals surface area contributed by atoms with Crippen LogP contribution in [0, 0.1) is 6.92 Å². The van der Waals surface area contributed by atoms with Gasteiger partial charge in [-0.25, -0.2) is 4.79 Å². The van der Waals surface area contributed by atoms with Crippen LogP contribution in [0.25, 0.3) is 10.1 Å². The van der Waals surface area contributed by atoms with Gasteiger partial charge in [-0.3, -0.25) is 9.79 Å². The maximum atomic E-state index is 12.4. The van der Waals surface area contributed by atoms with Gasteiger partial charge < -0.3 is 10.1 Å². The monoisotopic (exact) mass is 378 g/mol. The van der Waals surface area contributed by atoms with E-state index in [1.54, 1.807) is 19.2 Å². The Kier molecular flexibility index (Phi) is 6.33. The third-order valence-electron chi connectivity index (χ3n) is 3.36. The Morgan fingerprint density at radius 1 is 1.48 bits per heavy atom. The molecule has 7 heteroatoms. The van der Waals surface area contributed by atoms with Gasteiger partial charge in [0.1, 0.15) is 10.6 Å². The fourth-order valence-electron chi connectivity index (χ4n) is 2.43. The number of aryl methyl sites for hydroxylation is 1. The van der Waals surface area contributed by atoms with Crippen LogP contribution >= 0.6 is 22.9 Å². The maximum Gasteiger partial charge on any atom is 0.341 e. The summed E-state index contributed by atoms with van der Waals surface area (Å²) >= 11 is 7.78. The Labute approximate surface area is 155 Å². The molecule has 0 fully saturated rings. The lowest BCUT2D eigenvalue weighted by atomic mass is 10.0. The van der Waals surface area contributed by atoms with Gasteiger partial charge in [-0.15, -0.1) is 17.9 Å². The van der Waals surface area contributed by atoms with Crippen molar-refractivity contribution in [1.29, 1.82) is 0 Å². The molecule has 2 aromatic rings. The standard InChI is InChI=1S/C18H19ClN2O3S/c1-5-7-20-9-12-8-10(3)13-14(18(23)24-6-2)17(21-11(4)22)25-16(13)15(12)19/h5,8-9H,1,6-7H2,2-4H3,(H,21,22)/b20-9+. The Balaban J connectivity index is 2.72. The molecule has 0 bridgehead atoms. The zero-order valence-electron chi connectivity index (χ0n) is 14.3. The summed E-state index contributed by atoms with van der Waals surface area (Å²) in [4.78, 5) is 28.2. The molecule has 1 amide bonds. The van der Waals surface area contributed by atoms with Crippen molar-refractivity contribution < 1.29 is 14.3 Å². The number of carbonyl (C=O) groups is 2. The van der Waals surface area contributed by atoms with E-state index in [9.17, 15) is 9.59 Å². The first-order chi connectivity index (χ1) is 11.9. The van der Waals surface area contributed by atoms with E-state index >= 15 is 0 Å². The molecule has 0 saturated heterocycles. The van der Waals surface area contributed by atoms with E-state index in [4.69, 9.17) is 16.3 Å². The van der Waals surface area contributed by atoms with Gasteiger partial charge in [0.15, 0.2) is 0 Å². The molecular weight excluding hydrogens is 360 g/mol. The highest BCUT2D eigenvalue weighted by molar-refractivity contribution is 7.24. The Hall–Kier alpha value is -2.18. The summed E-state index contributed by atoms with van der Waals surface area (Å²) in [6.45, 7) is 9.37. The van der Waals surface area contributed by atoms with Gasteiger partial charge >= 0.3 is 5.97 Å². The fourth-order valence-corrected chi connectivity index (χ4v) is 4.00. The molecule has 0 aliphatic rings. The smallest absolute Gasteiger partial charge is 0.341 e. The molecule has 1 aromatic carbocycles. The molecule has 0 unspecified atom stereocenters. The Bertz CT molecular complexity index is 871. The zero-order valence-corrected chi connectivity index (χ0v) is 15.9. The molecule has 0 radical (unpaired) electrons. The lowest BCUT2D eigenvalue weighted by molar-refractivity contribution is -0.114. The molecule has 0 aliphatic heterocycles. The van der Waals surface area contributed by atoms with Gasteiger partial charge in [0.2, 0.25) is 5.91 Å². The number of aliphatic imine (C=N–C) groups is 1. The molecule has 1 aromatic heterocycles. The van der Waals surface area contributed by atoms with Crippen molar-refractivity contribution >= 4 is 56.1 Å². The molecule has 0 atom stereocenters. The van der Waals surface area contributed by atoms with Gasteiger partial charge in [0, 0.05) is 24.1 Å². The number of thiophene rings is 1. The second-order valence-electron chi connectivity index (χ2n) is 5.29. The van der Waals surface area contributed by atoms with Gasteiger partial charge in [-0.1, -0.05) is 17.7 Å². The van der Waals surface area contributed by atoms with E-state index in [1.807, 2.05) is 13.0 Å². The van der Waals surface area contributed by atoms with Gasteiger partial charge in [0.05, 0.1) is 22.9 Å². The molecular formula is C18H19ClN2O3S.